The second-order valence-electron chi connectivity index (χ2n) is 4.14. The second-order valence-corrected chi connectivity index (χ2v) is 5.16. The largest absolute Gasteiger partial charge is 0.478 e. The number of nitriles is 1. The molecule has 1 aliphatic heterocycles. The van der Waals surface area contributed by atoms with Crippen LogP contribution in [0.15, 0.2) is 35.2 Å². The first-order valence-corrected chi connectivity index (χ1v) is 6.91. The molecule has 0 unspecified atom stereocenters. The Balaban J connectivity index is 2.32. The van der Waals surface area contributed by atoms with E-state index in [1.807, 2.05) is 6.07 Å². The Morgan fingerprint density at radius 1 is 1.43 bits per heavy atom. The van der Waals surface area contributed by atoms with Gasteiger partial charge >= 0.3 is 5.97 Å². The average Bonchev–Trinajstić information content (AvgIpc) is 2.47. The zero-order valence-corrected chi connectivity index (χ0v) is 11.6. The summed E-state index contributed by atoms with van der Waals surface area (Å²) in [5.74, 6) is -1.57. The van der Waals surface area contributed by atoms with E-state index in [-0.39, 0.29) is 18.2 Å². The maximum atomic E-state index is 11.8. The van der Waals surface area contributed by atoms with Crippen molar-refractivity contribution < 1.29 is 19.5 Å². The number of thioether (sulfide) groups is 1. The van der Waals surface area contributed by atoms with Crippen molar-refractivity contribution in [2.45, 2.75) is 4.90 Å². The highest BCUT2D eigenvalue weighted by molar-refractivity contribution is 8.00. The zero-order chi connectivity index (χ0) is 15.4. The average molecular weight is 302 g/mol. The van der Waals surface area contributed by atoms with E-state index >= 15 is 0 Å². The minimum Gasteiger partial charge on any atom is -0.478 e. The quantitative estimate of drug-likeness (QED) is 0.514. The molecule has 0 saturated carbocycles. The van der Waals surface area contributed by atoms with Crippen molar-refractivity contribution in [3.8, 4) is 6.07 Å². The van der Waals surface area contributed by atoms with Crippen molar-refractivity contribution in [1.82, 2.24) is 0 Å². The van der Waals surface area contributed by atoms with E-state index in [1.54, 1.807) is 12.1 Å². The number of ketones is 1. The number of amides is 1. The number of fused-ring (bicyclic) bond motifs is 1. The summed E-state index contributed by atoms with van der Waals surface area (Å²) in [6, 6.07) is 6.64. The zero-order valence-electron chi connectivity index (χ0n) is 10.8. The van der Waals surface area contributed by atoms with Gasteiger partial charge in [0.15, 0.2) is 5.78 Å². The van der Waals surface area contributed by atoms with Crippen LogP contribution in [0, 0.1) is 11.3 Å². The number of rotatable bonds is 4. The SMILES string of the molecule is N#CCN1C(=O)CSc2cc(C(=O)/C=C/C(=O)O)ccc21. The number of allylic oxidation sites excluding steroid dienone is 1. The van der Waals surface area contributed by atoms with Crippen LogP contribution in [0.3, 0.4) is 0 Å². The Morgan fingerprint density at radius 2 is 2.19 bits per heavy atom. The van der Waals surface area contributed by atoms with E-state index in [4.69, 9.17) is 10.4 Å². The summed E-state index contributed by atoms with van der Waals surface area (Å²) in [5, 5.41) is 17.3. The first-order chi connectivity index (χ1) is 10.0. The molecule has 0 aliphatic carbocycles. The van der Waals surface area contributed by atoms with E-state index < -0.39 is 11.8 Å². The van der Waals surface area contributed by atoms with E-state index in [2.05, 4.69) is 0 Å². The molecule has 1 heterocycles. The Labute approximate surface area is 124 Å². The Bertz CT molecular complexity index is 691. The van der Waals surface area contributed by atoms with Gasteiger partial charge in [0.05, 0.1) is 17.5 Å². The van der Waals surface area contributed by atoms with Crippen molar-refractivity contribution in [2.24, 2.45) is 0 Å². The first-order valence-electron chi connectivity index (χ1n) is 5.92. The standard InChI is InChI=1S/C14H10N2O4S/c15-5-6-16-10-2-1-9(11(17)3-4-14(19)20)7-12(10)21-8-13(16)18/h1-4,7H,6,8H2,(H,19,20)/b4-3+. The number of anilines is 1. The highest BCUT2D eigenvalue weighted by Gasteiger charge is 2.25. The van der Waals surface area contributed by atoms with Crippen LogP contribution in [0.25, 0.3) is 0 Å². The number of carboxylic acids is 1. The van der Waals surface area contributed by atoms with Gasteiger partial charge in [0, 0.05) is 16.5 Å². The van der Waals surface area contributed by atoms with Crippen LogP contribution in [-0.4, -0.2) is 35.1 Å². The molecule has 6 nitrogen and oxygen atoms in total. The molecule has 0 aromatic heterocycles. The predicted molar refractivity (Wildman–Crippen MR) is 76.2 cm³/mol. The van der Waals surface area contributed by atoms with Crippen molar-refractivity contribution in [3.63, 3.8) is 0 Å². The highest BCUT2D eigenvalue weighted by atomic mass is 32.2. The van der Waals surface area contributed by atoms with Crippen LogP contribution in [-0.2, 0) is 9.59 Å². The number of benzene rings is 1. The van der Waals surface area contributed by atoms with Gasteiger partial charge in [-0.2, -0.15) is 5.26 Å². The van der Waals surface area contributed by atoms with E-state index in [9.17, 15) is 14.4 Å². The van der Waals surface area contributed by atoms with Gasteiger partial charge in [-0.15, -0.1) is 11.8 Å². The normalized spacial score (nSPS) is 13.9. The molecular weight excluding hydrogens is 292 g/mol. The summed E-state index contributed by atoms with van der Waals surface area (Å²) >= 11 is 1.29. The fourth-order valence-electron chi connectivity index (χ4n) is 1.85. The molecule has 1 aromatic rings. The Morgan fingerprint density at radius 3 is 2.86 bits per heavy atom. The van der Waals surface area contributed by atoms with Crippen LogP contribution in [0.5, 0.6) is 0 Å². The van der Waals surface area contributed by atoms with Gasteiger partial charge in [-0.25, -0.2) is 4.79 Å². The number of hydrogen-bond donors (Lipinski definition) is 1. The van der Waals surface area contributed by atoms with E-state index in [1.165, 1.54) is 22.7 Å². The molecule has 106 valence electrons. The third kappa shape index (κ3) is 3.30. The lowest BCUT2D eigenvalue weighted by Crippen LogP contribution is -2.35. The van der Waals surface area contributed by atoms with Crippen LogP contribution < -0.4 is 4.90 Å². The molecule has 1 amide bonds. The molecule has 0 bridgehead atoms. The van der Waals surface area contributed by atoms with Crippen molar-refractivity contribution in [2.75, 3.05) is 17.2 Å². The molecule has 0 saturated heterocycles. The summed E-state index contributed by atoms with van der Waals surface area (Å²) in [4.78, 5) is 36.1. The summed E-state index contributed by atoms with van der Waals surface area (Å²) < 4.78 is 0. The van der Waals surface area contributed by atoms with Crippen molar-refractivity contribution in [3.05, 3.63) is 35.9 Å². The van der Waals surface area contributed by atoms with Crippen LogP contribution in [0.4, 0.5) is 5.69 Å². The highest BCUT2D eigenvalue weighted by Crippen LogP contribution is 2.35. The smallest absolute Gasteiger partial charge is 0.328 e. The summed E-state index contributed by atoms with van der Waals surface area (Å²) in [7, 11) is 0. The Hall–Kier alpha value is -2.59. The second kappa shape index (κ2) is 6.24. The molecular formula is C14H10N2O4S. The predicted octanol–water partition coefficient (Wildman–Crippen LogP) is 1.47. The van der Waals surface area contributed by atoms with Crippen molar-refractivity contribution in [1.29, 1.82) is 5.26 Å². The van der Waals surface area contributed by atoms with Crippen LogP contribution >= 0.6 is 11.8 Å². The molecule has 2 rings (SSSR count). The molecule has 1 N–H and O–H groups in total. The number of carbonyl (C=O) groups excluding carboxylic acids is 2. The molecule has 0 atom stereocenters. The molecule has 0 radical (unpaired) electrons. The first kappa shape index (κ1) is 14.8. The van der Waals surface area contributed by atoms with Crippen LogP contribution in [0.1, 0.15) is 10.4 Å². The van der Waals surface area contributed by atoms with Crippen molar-refractivity contribution >= 4 is 35.1 Å². The van der Waals surface area contributed by atoms with Gasteiger partial charge < -0.3 is 5.11 Å². The third-order valence-corrected chi connectivity index (χ3v) is 3.82. The molecule has 1 aliphatic rings. The molecule has 1 aromatic carbocycles. The van der Waals surface area contributed by atoms with Crippen LogP contribution in [0.2, 0.25) is 0 Å². The molecule has 21 heavy (non-hydrogen) atoms. The van der Waals surface area contributed by atoms with Gasteiger partial charge in [0.25, 0.3) is 0 Å². The van der Waals surface area contributed by atoms with Gasteiger partial charge in [0.2, 0.25) is 5.91 Å². The monoisotopic (exact) mass is 302 g/mol. The minimum atomic E-state index is -1.19. The molecule has 7 heteroatoms. The van der Waals surface area contributed by atoms with Gasteiger partial charge in [0.1, 0.15) is 6.54 Å². The fraction of sp³-hybridized carbons (Fsp3) is 0.143. The number of nitrogens with zero attached hydrogens (tertiary/aromatic N) is 2. The van der Waals surface area contributed by atoms with E-state index in [0.29, 0.717) is 11.3 Å². The van der Waals surface area contributed by atoms with E-state index in [0.717, 1.165) is 17.0 Å². The van der Waals surface area contributed by atoms with Gasteiger partial charge in [-0.05, 0) is 24.3 Å². The Kier molecular flexibility index (Phi) is 4.40. The fourth-order valence-corrected chi connectivity index (χ4v) is 2.82. The maximum Gasteiger partial charge on any atom is 0.328 e. The molecule has 0 spiro atoms. The number of hydrogen-bond acceptors (Lipinski definition) is 5. The van der Waals surface area contributed by atoms with Gasteiger partial charge in [-0.1, -0.05) is 0 Å². The lowest BCUT2D eigenvalue weighted by molar-refractivity contribution is -0.131. The lowest BCUT2D eigenvalue weighted by Gasteiger charge is -2.26. The lowest BCUT2D eigenvalue weighted by atomic mass is 10.1. The number of aliphatic carboxylic acids is 1. The summed E-state index contributed by atoms with van der Waals surface area (Å²) in [5.41, 5.74) is 0.932. The van der Waals surface area contributed by atoms with Gasteiger partial charge in [-0.3, -0.25) is 14.5 Å². The summed E-state index contributed by atoms with van der Waals surface area (Å²) in [6.07, 6.45) is 1.76. The minimum absolute atomic E-state index is 0.0431. The topological polar surface area (TPSA) is 98.5 Å². The number of carbonyl (C=O) groups is 3. The summed E-state index contributed by atoms with van der Waals surface area (Å²) in [6.45, 7) is -0.0431. The maximum absolute atomic E-state index is 11.8. The third-order valence-electron chi connectivity index (χ3n) is 2.79. The molecule has 0 fully saturated rings. The number of carboxylic acid groups (broad SMARTS) is 1.